The summed E-state index contributed by atoms with van der Waals surface area (Å²) in [6, 6.07) is 1.37. The largest absolute Gasteiger partial charge is 0.293 e. The van der Waals surface area contributed by atoms with Crippen LogP contribution < -0.4 is 11.3 Å². The number of carbonyl (C=O) groups is 1. The van der Waals surface area contributed by atoms with Crippen LogP contribution in [0.2, 0.25) is 0 Å². The van der Waals surface area contributed by atoms with Gasteiger partial charge in [-0.25, -0.2) is 14.6 Å². The minimum Gasteiger partial charge on any atom is -0.293 e. The van der Waals surface area contributed by atoms with Crippen molar-refractivity contribution in [1.29, 1.82) is 0 Å². The van der Waals surface area contributed by atoms with Crippen LogP contribution in [0.1, 0.15) is 36.6 Å². The van der Waals surface area contributed by atoms with Gasteiger partial charge in [-0.15, -0.1) is 0 Å². The van der Waals surface area contributed by atoms with E-state index in [9.17, 15) is 13.6 Å². The molecule has 88 valence electrons. The molecule has 2 rings (SSSR count). The first-order valence-electron chi connectivity index (χ1n) is 4.97. The molecule has 0 unspecified atom stereocenters. The summed E-state index contributed by atoms with van der Waals surface area (Å²) in [7, 11) is 0. The molecule has 1 heterocycles. The monoisotopic (exact) mass is 230 g/mol. The van der Waals surface area contributed by atoms with E-state index in [0.29, 0.717) is 5.69 Å². The number of rotatable bonds is 4. The number of nitrogens with one attached hydrogen (secondary N) is 1. The smallest absolute Gasteiger partial charge is 0.282 e. The Bertz CT molecular complexity index is 400. The number of halogens is 2. The van der Waals surface area contributed by atoms with Crippen molar-refractivity contribution < 1.29 is 13.6 Å². The van der Waals surface area contributed by atoms with Crippen LogP contribution in [0.5, 0.6) is 0 Å². The lowest BCUT2D eigenvalue weighted by atomic mass is 10.2. The molecule has 5 nitrogen and oxygen atoms in total. The van der Waals surface area contributed by atoms with Gasteiger partial charge in [0.2, 0.25) is 0 Å². The van der Waals surface area contributed by atoms with Crippen molar-refractivity contribution in [2.24, 2.45) is 5.84 Å². The van der Waals surface area contributed by atoms with Crippen LogP contribution >= 0.6 is 0 Å². The number of nitrogens with zero attached hydrogens (tertiary/aromatic N) is 2. The van der Waals surface area contributed by atoms with E-state index in [4.69, 9.17) is 5.84 Å². The summed E-state index contributed by atoms with van der Waals surface area (Å²) in [6.07, 6.45) is -0.697. The summed E-state index contributed by atoms with van der Waals surface area (Å²) < 4.78 is 26.2. The zero-order chi connectivity index (χ0) is 11.7. The van der Waals surface area contributed by atoms with Crippen LogP contribution in [0.25, 0.3) is 0 Å². The number of hydrazine groups is 1. The predicted octanol–water partition coefficient (Wildman–Crippen LogP) is 0.688. The Hall–Kier alpha value is -1.50. The van der Waals surface area contributed by atoms with Gasteiger partial charge in [-0.2, -0.15) is 5.10 Å². The second kappa shape index (κ2) is 4.17. The molecule has 1 aromatic rings. The Morgan fingerprint density at radius 1 is 1.69 bits per heavy atom. The molecular formula is C9H12F2N4O. The maximum atomic E-state index is 12.5. The zero-order valence-corrected chi connectivity index (χ0v) is 8.49. The molecule has 1 saturated carbocycles. The average molecular weight is 230 g/mol. The molecule has 1 aromatic heterocycles. The lowest BCUT2D eigenvalue weighted by Crippen LogP contribution is -2.33. The maximum Gasteiger partial charge on any atom is 0.282 e. The van der Waals surface area contributed by atoms with Gasteiger partial charge in [0.1, 0.15) is 12.2 Å². The van der Waals surface area contributed by atoms with Crippen molar-refractivity contribution in [2.45, 2.75) is 31.7 Å². The summed E-state index contributed by atoms with van der Waals surface area (Å²) in [5.41, 5.74) is 2.36. The first-order chi connectivity index (χ1) is 7.61. The van der Waals surface area contributed by atoms with Crippen molar-refractivity contribution in [3.8, 4) is 0 Å². The third kappa shape index (κ3) is 2.19. The number of hydrogen-bond donors (Lipinski definition) is 2. The van der Waals surface area contributed by atoms with Gasteiger partial charge in [-0.3, -0.25) is 14.9 Å². The summed E-state index contributed by atoms with van der Waals surface area (Å²) >= 11 is 0. The third-order valence-electron chi connectivity index (χ3n) is 2.50. The molecule has 0 aromatic carbocycles. The molecule has 1 fully saturated rings. The predicted molar refractivity (Wildman–Crippen MR) is 51.5 cm³/mol. The molecule has 1 aliphatic rings. The summed E-state index contributed by atoms with van der Waals surface area (Å²) in [5, 5.41) is 3.71. The molecule has 1 aliphatic carbocycles. The van der Waals surface area contributed by atoms with Crippen LogP contribution in [0.15, 0.2) is 6.07 Å². The quantitative estimate of drug-likeness (QED) is 0.454. The fourth-order valence-corrected chi connectivity index (χ4v) is 1.57. The van der Waals surface area contributed by atoms with Crippen LogP contribution in [0.4, 0.5) is 8.78 Å². The Balaban J connectivity index is 2.23. The van der Waals surface area contributed by atoms with Gasteiger partial charge in [0.25, 0.3) is 12.3 Å². The molecule has 16 heavy (non-hydrogen) atoms. The van der Waals surface area contributed by atoms with E-state index in [1.807, 2.05) is 5.43 Å². The molecule has 0 aliphatic heterocycles. The molecule has 0 radical (unpaired) electrons. The lowest BCUT2D eigenvalue weighted by molar-refractivity contribution is -0.121. The van der Waals surface area contributed by atoms with E-state index in [2.05, 4.69) is 5.10 Å². The first-order valence-corrected chi connectivity index (χ1v) is 4.97. The van der Waals surface area contributed by atoms with Crippen LogP contribution in [-0.2, 0) is 11.3 Å². The van der Waals surface area contributed by atoms with Gasteiger partial charge >= 0.3 is 0 Å². The van der Waals surface area contributed by atoms with E-state index in [1.54, 1.807) is 0 Å². The maximum absolute atomic E-state index is 12.5. The Morgan fingerprint density at radius 2 is 2.38 bits per heavy atom. The fraction of sp³-hybridized carbons (Fsp3) is 0.556. The zero-order valence-electron chi connectivity index (χ0n) is 8.49. The van der Waals surface area contributed by atoms with E-state index < -0.39 is 12.3 Å². The van der Waals surface area contributed by atoms with Gasteiger partial charge < -0.3 is 0 Å². The first kappa shape index (κ1) is 11.0. The highest BCUT2D eigenvalue weighted by Crippen LogP contribution is 2.41. The topological polar surface area (TPSA) is 72.9 Å². The van der Waals surface area contributed by atoms with E-state index in [0.717, 1.165) is 12.8 Å². The van der Waals surface area contributed by atoms with Crippen molar-refractivity contribution in [3.05, 3.63) is 17.5 Å². The second-order valence-electron chi connectivity index (χ2n) is 3.79. The number of amides is 1. The molecule has 0 atom stereocenters. The van der Waals surface area contributed by atoms with Gasteiger partial charge in [-0.1, -0.05) is 0 Å². The third-order valence-corrected chi connectivity index (χ3v) is 2.50. The highest BCUT2D eigenvalue weighted by atomic mass is 19.3. The molecule has 1 amide bonds. The molecule has 0 saturated heterocycles. The number of nitrogens with two attached hydrogens (primary N) is 1. The van der Waals surface area contributed by atoms with Gasteiger partial charge in [-0.05, 0) is 18.9 Å². The van der Waals surface area contributed by atoms with E-state index in [-0.39, 0.29) is 18.2 Å². The van der Waals surface area contributed by atoms with Crippen molar-refractivity contribution in [2.75, 3.05) is 0 Å². The lowest BCUT2D eigenvalue weighted by Gasteiger charge is -2.04. The van der Waals surface area contributed by atoms with Crippen molar-refractivity contribution >= 4 is 5.91 Å². The molecular weight excluding hydrogens is 218 g/mol. The molecule has 0 bridgehead atoms. The Morgan fingerprint density at radius 3 is 2.88 bits per heavy atom. The summed E-state index contributed by atoms with van der Waals surface area (Å²) in [5.74, 6) is 4.74. The van der Waals surface area contributed by atoms with Crippen LogP contribution in [-0.4, -0.2) is 15.7 Å². The van der Waals surface area contributed by atoms with Gasteiger partial charge in [0, 0.05) is 11.6 Å². The second-order valence-corrected chi connectivity index (χ2v) is 3.79. The molecule has 3 N–H and O–H groups in total. The number of aromatic nitrogens is 2. The van der Waals surface area contributed by atoms with Crippen LogP contribution in [0, 0.1) is 0 Å². The normalized spacial score (nSPS) is 15.5. The van der Waals surface area contributed by atoms with E-state index >= 15 is 0 Å². The average Bonchev–Trinajstić information content (AvgIpc) is 3.00. The highest BCUT2D eigenvalue weighted by Gasteiger charge is 2.29. The summed E-state index contributed by atoms with van der Waals surface area (Å²) in [6.45, 7) is -0.116. The fourth-order valence-electron chi connectivity index (χ4n) is 1.57. The Kier molecular flexibility index (Phi) is 2.86. The highest BCUT2D eigenvalue weighted by molar-refractivity contribution is 5.74. The van der Waals surface area contributed by atoms with Gasteiger partial charge in [0.05, 0.1) is 0 Å². The minimum atomic E-state index is -2.61. The number of carbonyl (C=O) groups excluding carboxylic acids is 1. The summed E-state index contributed by atoms with van der Waals surface area (Å²) in [4.78, 5) is 11.1. The number of hydrogen-bond acceptors (Lipinski definition) is 3. The molecule has 0 spiro atoms. The van der Waals surface area contributed by atoms with E-state index in [1.165, 1.54) is 10.7 Å². The SMILES string of the molecule is NNC(=O)Cn1nc(C(F)F)cc1C1CC1. The van der Waals surface area contributed by atoms with Crippen LogP contribution in [0.3, 0.4) is 0 Å². The van der Waals surface area contributed by atoms with Crippen molar-refractivity contribution in [3.63, 3.8) is 0 Å². The molecule has 7 heteroatoms. The standard InChI is InChI=1S/C9H12F2N4O/c10-9(11)6-3-7(5-1-2-5)15(14-6)4-8(16)13-12/h3,5,9H,1-2,4,12H2,(H,13,16). The number of alkyl halides is 2. The Labute approximate surface area is 90.6 Å². The van der Waals surface area contributed by atoms with Gasteiger partial charge in [0.15, 0.2) is 0 Å². The minimum absolute atomic E-state index is 0.116. The van der Waals surface area contributed by atoms with Crippen molar-refractivity contribution in [1.82, 2.24) is 15.2 Å².